The molecule has 0 bridgehead atoms. The number of esters is 1. The second kappa shape index (κ2) is 11.5. The molecular weight excluding hydrogens is 542 g/mol. The van der Waals surface area contributed by atoms with E-state index in [9.17, 15) is 31.1 Å². The third-order valence-corrected chi connectivity index (χ3v) is 6.05. The number of rotatable bonds is 7. The van der Waals surface area contributed by atoms with Gasteiger partial charge in [0.2, 0.25) is 0 Å². The molecule has 2 aromatic carbocycles. The van der Waals surface area contributed by atoms with Crippen LogP contribution in [0.3, 0.4) is 0 Å². The van der Waals surface area contributed by atoms with Crippen molar-refractivity contribution in [1.29, 1.82) is 5.41 Å². The lowest BCUT2D eigenvalue weighted by Crippen LogP contribution is -2.30. The zero-order valence-corrected chi connectivity index (χ0v) is 22.6. The number of aryl methyl sites for hydroxylation is 1. The topological polar surface area (TPSA) is 80.6 Å². The van der Waals surface area contributed by atoms with E-state index in [2.05, 4.69) is 5.32 Å². The minimum absolute atomic E-state index is 0.109. The first-order chi connectivity index (χ1) is 18.5. The Labute approximate surface area is 227 Å². The van der Waals surface area contributed by atoms with Crippen LogP contribution in [0.2, 0.25) is 0 Å². The fourth-order valence-corrected chi connectivity index (χ4v) is 4.39. The molecule has 1 heterocycles. The van der Waals surface area contributed by atoms with Crippen LogP contribution in [0.5, 0.6) is 5.75 Å². The Morgan fingerprint density at radius 2 is 1.77 bits per heavy atom. The molecule has 12 heteroatoms. The number of hydrogen-bond donors (Lipinski definition) is 2. The highest BCUT2D eigenvalue weighted by Crippen LogP contribution is 2.46. The van der Waals surface area contributed by atoms with Gasteiger partial charge in [0.15, 0.2) is 6.10 Å². The number of ether oxygens (including phenoxy) is 3. The number of alkyl halides is 6. The Morgan fingerprint density at radius 3 is 2.33 bits per heavy atom. The van der Waals surface area contributed by atoms with Crippen molar-refractivity contribution in [2.24, 2.45) is 0 Å². The number of methoxy groups -OCH3 is 1. The van der Waals surface area contributed by atoms with Gasteiger partial charge in [0.1, 0.15) is 11.5 Å². The maximum absolute atomic E-state index is 14.5. The van der Waals surface area contributed by atoms with Crippen molar-refractivity contribution < 1.29 is 45.3 Å². The monoisotopic (exact) mass is 572 g/mol. The lowest BCUT2D eigenvalue weighted by molar-refractivity contribution is -0.166. The standard InChI is InChI=1S/C28H30F6N2O4/c1-26(2,3)40-24(25(37)38-5)23-18(27(29,30)31)10-9-17(19(36-4)14-21(35)28(32,33)34)22(23)16-8-11-20-15(13-16)7-6-12-39-20/h8-11,13-14,24,35-36H,6-7,12H2,1-5H3/b19-14-,35-21?. The summed E-state index contributed by atoms with van der Waals surface area (Å²) < 4.78 is 99.7. The highest BCUT2D eigenvalue weighted by Gasteiger charge is 2.42. The molecule has 0 saturated heterocycles. The predicted molar refractivity (Wildman–Crippen MR) is 137 cm³/mol. The largest absolute Gasteiger partial charge is 0.493 e. The molecule has 0 fully saturated rings. The van der Waals surface area contributed by atoms with E-state index in [1.54, 1.807) is 32.9 Å². The van der Waals surface area contributed by atoms with Crippen LogP contribution in [0.1, 0.15) is 55.5 Å². The Kier molecular flexibility index (Phi) is 8.93. The van der Waals surface area contributed by atoms with Crippen molar-refractivity contribution in [3.05, 3.63) is 58.7 Å². The molecule has 218 valence electrons. The smallest absolute Gasteiger partial charge is 0.432 e. The van der Waals surface area contributed by atoms with Crippen molar-refractivity contribution in [1.82, 2.24) is 5.32 Å². The van der Waals surface area contributed by atoms with Gasteiger partial charge in [-0.25, -0.2) is 4.79 Å². The second-order valence-electron chi connectivity index (χ2n) is 10.1. The minimum atomic E-state index is -5.01. The molecule has 1 atom stereocenters. The molecule has 2 aromatic rings. The third-order valence-electron chi connectivity index (χ3n) is 6.05. The second-order valence-corrected chi connectivity index (χ2v) is 10.1. The Morgan fingerprint density at radius 1 is 1.10 bits per heavy atom. The Bertz CT molecular complexity index is 1310. The number of benzene rings is 2. The van der Waals surface area contributed by atoms with Gasteiger partial charge in [-0.1, -0.05) is 12.1 Å². The molecule has 2 N–H and O–H groups in total. The van der Waals surface area contributed by atoms with Gasteiger partial charge < -0.3 is 19.5 Å². The van der Waals surface area contributed by atoms with Crippen LogP contribution in [0.25, 0.3) is 16.8 Å². The van der Waals surface area contributed by atoms with Gasteiger partial charge in [-0.2, -0.15) is 26.3 Å². The summed E-state index contributed by atoms with van der Waals surface area (Å²) in [4.78, 5) is 13.0. The van der Waals surface area contributed by atoms with Gasteiger partial charge in [0, 0.05) is 23.9 Å². The summed E-state index contributed by atoms with van der Waals surface area (Å²) in [5.41, 5.74) is -4.42. The van der Waals surface area contributed by atoms with Crippen molar-refractivity contribution in [3.8, 4) is 16.9 Å². The molecule has 0 aromatic heterocycles. The van der Waals surface area contributed by atoms with Crippen LogP contribution in [0.15, 0.2) is 36.4 Å². The number of fused-ring (bicyclic) bond motifs is 1. The molecule has 1 aliphatic heterocycles. The van der Waals surface area contributed by atoms with Gasteiger partial charge in [-0.15, -0.1) is 0 Å². The van der Waals surface area contributed by atoms with Crippen LogP contribution in [0, 0.1) is 5.41 Å². The van der Waals surface area contributed by atoms with E-state index < -0.39 is 46.9 Å². The fraction of sp³-hybridized carbons (Fsp3) is 0.429. The van der Waals surface area contributed by atoms with Crippen LogP contribution < -0.4 is 10.1 Å². The molecule has 0 spiro atoms. The first kappa shape index (κ1) is 31.0. The molecule has 0 saturated carbocycles. The van der Waals surface area contributed by atoms with E-state index in [1.165, 1.54) is 13.1 Å². The zero-order valence-electron chi connectivity index (χ0n) is 22.6. The number of nitrogens with one attached hydrogen (secondary N) is 2. The number of allylic oxidation sites excluding steroid dienone is 1. The third kappa shape index (κ3) is 6.96. The number of carbonyl (C=O) groups excluding carboxylic acids is 1. The van der Waals surface area contributed by atoms with E-state index in [-0.39, 0.29) is 22.4 Å². The van der Waals surface area contributed by atoms with Gasteiger partial charge in [0.05, 0.1) is 24.9 Å². The summed E-state index contributed by atoms with van der Waals surface area (Å²) in [6, 6.07) is 6.32. The van der Waals surface area contributed by atoms with Crippen LogP contribution >= 0.6 is 0 Å². The van der Waals surface area contributed by atoms with E-state index >= 15 is 0 Å². The lowest BCUT2D eigenvalue weighted by Gasteiger charge is -2.31. The van der Waals surface area contributed by atoms with Gasteiger partial charge in [-0.3, -0.25) is 5.41 Å². The summed E-state index contributed by atoms with van der Waals surface area (Å²) in [6.07, 6.45) is -10.2. The molecule has 3 rings (SSSR count). The summed E-state index contributed by atoms with van der Waals surface area (Å²) in [6.45, 7) is 5.08. The minimum Gasteiger partial charge on any atom is -0.493 e. The van der Waals surface area contributed by atoms with E-state index in [0.29, 0.717) is 42.9 Å². The molecular formula is C28H30F6N2O4. The molecule has 0 radical (unpaired) electrons. The normalized spacial score (nSPS) is 15.1. The van der Waals surface area contributed by atoms with Crippen molar-refractivity contribution in [2.75, 3.05) is 20.8 Å². The molecule has 1 unspecified atom stereocenters. The molecule has 0 amide bonds. The van der Waals surface area contributed by atoms with E-state index in [0.717, 1.165) is 13.2 Å². The summed E-state index contributed by atoms with van der Waals surface area (Å²) in [7, 11) is 2.28. The van der Waals surface area contributed by atoms with Gasteiger partial charge >= 0.3 is 18.3 Å². The van der Waals surface area contributed by atoms with Crippen molar-refractivity contribution >= 4 is 17.4 Å². The average molecular weight is 573 g/mol. The summed E-state index contributed by atoms with van der Waals surface area (Å²) >= 11 is 0. The quantitative estimate of drug-likeness (QED) is 0.215. The predicted octanol–water partition coefficient (Wildman–Crippen LogP) is 6.87. The zero-order chi connectivity index (χ0) is 30.0. The summed E-state index contributed by atoms with van der Waals surface area (Å²) in [5, 5.41) is 10.0. The molecule has 6 nitrogen and oxygen atoms in total. The maximum Gasteiger partial charge on any atom is 0.432 e. The van der Waals surface area contributed by atoms with Crippen LogP contribution in [-0.2, 0) is 26.9 Å². The van der Waals surface area contributed by atoms with Crippen molar-refractivity contribution in [3.63, 3.8) is 0 Å². The highest BCUT2D eigenvalue weighted by atomic mass is 19.4. The highest BCUT2D eigenvalue weighted by molar-refractivity contribution is 6.03. The van der Waals surface area contributed by atoms with E-state index in [4.69, 9.17) is 19.6 Å². The number of hydrogen-bond acceptors (Lipinski definition) is 6. The van der Waals surface area contributed by atoms with Gasteiger partial charge in [0.25, 0.3) is 0 Å². The number of carbonyl (C=O) groups is 1. The van der Waals surface area contributed by atoms with Crippen molar-refractivity contribution in [2.45, 2.75) is 57.7 Å². The van der Waals surface area contributed by atoms with Crippen LogP contribution in [0.4, 0.5) is 26.3 Å². The lowest BCUT2D eigenvalue weighted by atomic mass is 9.85. The molecule has 40 heavy (non-hydrogen) atoms. The first-order valence-corrected chi connectivity index (χ1v) is 12.3. The average Bonchev–Trinajstić information content (AvgIpc) is 2.87. The first-order valence-electron chi connectivity index (χ1n) is 12.3. The van der Waals surface area contributed by atoms with E-state index in [1.807, 2.05) is 0 Å². The molecule has 1 aliphatic rings. The SMILES string of the molecule is CN/C(=C\C(=N)C(F)(F)F)c1ccc(C(F)(F)F)c(C(OC(C)(C)C)C(=O)OC)c1-c1ccc2c(c1)CCCO2. The van der Waals surface area contributed by atoms with Crippen LogP contribution in [-0.4, -0.2) is 44.2 Å². The van der Waals surface area contributed by atoms with Gasteiger partial charge in [-0.05, 0) is 74.6 Å². The maximum atomic E-state index is 14.5. The number of halogens is 6. The Hall–Kier alpha value is -3.54. The fourth-order valence-electron chi connectivity index (χ4n) is 4.39. The Balaban J connectivity index is 2.51. The summed E-state index contributed by atoms with van der Waals surface area (Å²) in [5.74, 6) is -0.595. The molecule has 0 aliphatic carbocycles.